The first kappa shape index (κ1) is 21.7. The van der Waals surface area contributed by atoms with E-state index in [0.717, 1.165) is 34.3 Å². The number of aromatic hydroxyl groups is 1. The van der Waals surface area contributed by atoms with Crippen LogP contribution < -0.4 is 4.74 Å². The summed E-state index contributed by atoms with van der Waals surface area (Å²) in [6.45, 7) is 3.83. The zero-order valence-corrected chi connectivity index (χ0v) is 18.4. The fraction of sp³-hybridized carbons (Fsp3) is 0.259. The molecular formula is C27H32NO2+. The lowest BCUT2D eigenvalue weighted by Crippen LogP contribution is -2.38. The van der Waals surface area contributed by atoms with Crippen LogP contribution in [0.15, 0.2) is 78.9 Å². The zero-order chi connectivity index (χ0) is 21.6. The highest BCUT2D eigenvalue weighted by Crippen LogP contribution is 2.35. The minimum atomic E-state index is 0.275. The van der Waals surface area contributed by atoms with Crippen molar-refractivity contribution in [2.75, 3.05) is 34.3 Å². The number of nitrogens with zero attached hydrogens (tertiary/aromatic N) is 1. The van der Waals surface area contributed by atoms with E-state index in [4.69, 9.17) is 4.74 Å². The summed E-state index contributed by atoms with van der Waals surface area (Å²) in [6, 6.07) is 26.3. The van der Waals surface area contributed by atoms with Crippen LogP contribution in [0.5, 0.6) is 11.5 Å². The van der Waals surface area contributed by atoms with E-state index in [1.165, 1.54) is 16.7 Å². The molecule has 0 unspecified atom stereocenters. The minimum absolute atomic E-state index is 0.275. The number of phenolic OH excluding ortho intramolecular Hbond substituents is 1. The van der Waals surface area contributed by atoms with Crippen LogP contribution in [0.4, 0.5) is 0 Å². The molecule has 3 aromatic carbocycles. The van der Waals surface area contributed by atoms with Crippen molar-refractivity contribution < 1.29 is 14.3 Å². The molecule has 0 aliphatic carbocycles. The van der Waals surface area contributed by atoms with Gasteiger partial charge in [-0.15, -0.1) is 0 Å². The summed E-state index contributed by atoms with van der Waals surface area (Å²) in [4.78, 5) is 0. The van der Waals surface area contributed by atoms with Crippen LogP contribution in [0.1, 0.15) is 30.0 Å². The molecule has 30 heavy (non-hydrogen) atoms. The number of likely N-dealkylation sites (N-methyl/N-ethyl adjacent to an activating group) is 1. The minimum Gasteiger partial charge on any atom is -0.508 e. The Balaban J connectivity index is 1.99. The molecule has 3 aromatic rings. The van der Waals surface area contributed by atoms with Gasteiger partial charge in [-0.25, -0.2) is 0 Å². The predicted molar refractivity (Wildman–Crippen MR) is 126 cm³/mol. The van der Waals surface area contributed by atoms with Crippen molar-refractivity contribution in [2.45, 2.75) is 13.3 Å². The fourth-order valence-electron chi connectivity index (χ4n) is 3.46. The maximum absolute atomic E-state index is 9.76. The lowest BCUT2D eigenvalue weighted by Gasteiger charge is -2.23. The average Bonchev–Trinajstić information content (AvgIpc) is 2.73. The van der Waals surface area contributed by atoms with Gasteiger partial charge in [0.15, 0.2) is 0 Å². The van der Waals surface area contributed by atoms with Crippen molar-refractivity contribution >= 4 is 11.1 Å². The van der Waals surface area contributed by atoms with E-state index in [1.807, 2.05) is 30.3 Å². The zero-order valence-electron chi connectivity index (χ0n) is 18.4. The molecule has 0 fully saturated rings. The lowest BCUT2D eigenvalue weighted by molar-refractivity contribution is -0.870. The molecule has 0 atom stereocenters. The van der Waals surface area contributed by atoms with E-state index in [1.54, 1.807) is 12.1 Å². The van der Waals surface area contributed by atoms with Crippen molar-refractivity contribution in [3.05, 3.63) is 95.6 Å². The number of hydrogen-bond donors (Lipinski definition) is 1. The standard InChI is InChI=1S/C27H31NO2/c1-5-26(21-9-7-6-8-10-21)27(22-11-15-24(29)16-12-22)23-13-17-25(18-14-23)30-20-19-28(2,3)4/h6-18H,5,19-20H2,1-4H3/p+1/b27-26-. The third kappa shape index (κ3) is 5.74. The number of allylic oxidation sites excluding steroid dienone is 1. The highest BCUT2D eigenvalue weighted by atomic mass is 16.5. The van der Waals surface area contributed by atoms with Gasteiger partial charge in [-0.05, 0) is 58.5 Å². The molecule has 0 heterocycles. The highest BCUT2D eigenvalue weighted by Gasteiger charge is 2.13. The molecule has 3 nitrogen and oxygen atoms in total. The highest BCUT2D eigenvalue weighted by molar-refractivity contribution is 5.98. The monoisotopic (exact) mass is 402 g/mol. The van der Waals surface area contributed by atoms with Gasteiger partial charge < -0.3 is 14.3 Å². The van der Waals surface area contributed by atoms with Gasteiger partial charge in [0.25, 0.3) is 0 Å². The van der Waals surface area contributed by atoms with Crippen molar-refractivity contribution in [1.29, 1.82) is 0 Å². The van der Waals surface area contributed by atoms with Gasteiger partial charge >= 0.3 is 0 Å². The van der Waals surface area contributed by atoms with Gasteiger partial charge in [0.1, 0.15) is 24.7 Å². The smallest absolute Gasteiger partial charge is 0.137 e. The van der Waals surface area contributed by atoms with Crippen LogP contribution in [-0.2, 0) is 0 Å². The first-order valence-corrected chi connectivity index (χ1v) is 10.5. The molecule has 0 aliphatic heterocycles. The molecule has 156 valence electrons. The molecule has 0 amide bonds. The van der Waals surface area contributed by atoms with Crippen molar-refractivity contribution in [3.63, 3.8) is 0 Å². The van der Waals surface area contributed by atoms with Crippen molar-refractivity contribution in [1.82, 2.24) is 0 Å². The third-order valence-electron chi connectivity index (χ3n) is 5.11. The van der Waals surface area contributed by atoms with Gasteiger partial charge in [0, 0.05) is 0 Å². The Bertz CT molecular complexity index is 966. The largest absolute Gasteiger partial charge is 0.508 e. The van der Waals surface area contributed by atoms with E-state index >= 15 is 0 Å². The van der Waals surface area contributed by atoms with E-state index in [9.17, 15) is 5.11 Å². The van der Waals surface area contributed by atoms with Gasteiger partial charge in [-0.1, -0.05) is 61.5 Å². The number of benzene rings is 3. The van der Waals surface area contributed by atoms with Crippen LogP contribution in [0.2, 0.25) is 0 Å². The number of ether oxygens (including phenoxy) is 1. The normalized spacial score (nSPS) is 12.4. The quantitative estimate of drug-likeness (QED) is 0.378. The SMILES string of the molecule is CC/C(=C(\c1ccc(O)cc1)c1ccc(OCC[N+](C)(C)C)cc1)c1ccccc1. The number of quaternary nitrogens is 1. The second kappa shape index (κ2) is 9.64. The molecule has 0 radical (unpaired) electrons. The van der Waals surface area contributed by atoms with Crippen LogP contribution in [-0.4, -0.2) is 43.9 Å². The second-order valence-corrected chi connectivity index (χ2v) is 8.51. The fourth-order valence-corrected chi connectivity index (χ4v) is 3.46. The van der Waals surface area contributed by atoms with Crippen LogP contribution >= 0.6 is 0 Å². The van der Waals surface area contributed by atoms with Crippen LogP contribution in [0.3, 0.4) is 0 Å². The molecule has 3 rings (SSSR count). The molecule has 0 saturated heterocycles. The Morgan fingerprint density at radius 3 is 1.87 bits per heavy atom. The molecule has 1 N–H and O–H groups in total. The molecule has 0 bridgehead atoms. The van der Waals surface area contributed by atoms with Crippen molar-refractivity contribution in [2.24, 2.45) is 0 Å². The molecular weight excluding hydrogens is 370 g/mol. The molecule has 3 heteroatoms. The first-order chi connectivity index (χ1) is 14.4. The maximum Gasteiger partial charge on any atom is 0.137 e. The van der Waals surface area contributed by atoms with Gasteiger partial charge in [-0.2, -0.15) is 0 Å². The topological polar surface area (TPSA) is 29.5 Å². The van der Waals surface area contributed by atoms with Crippen LogP contribution in [0, 0.1) is 0 Å². The summed E-state index contributed by atoms with van der Waals surface area (Å²) in [5.74, 6) is 1.16. The number of rotatable bonds is 8. The van der Waals surface area contributed by atoms with Crippen LogP contribution in [0.25, 0.3) is 11.1 Å². The van der Waals surface area contributed by atoms with E-state index in [-0.39, 0.29) is 5.75 Å². The Morgan fingerprint density at radius 2 is 1.33 bits per heavy atom. The van der Waals surface area contributed by atoms with E-state index in [0.29, 0.717) is 6.61 Å². The molecule has 0 spiro atoms. The van der Waals surface area contributed by atoms with Crippen molar-refractivity contribution in [3.8, 4) is 11.5 Å². The Kier molecular flexibility index (Phi) is 6.96. The summed E-state index contributed by atoms with van der Waals surface area (Å²) < 4.78 is 6.82. The molecule has 0 aromatic heterocycles. The summed E-state index contributed by atoms with van der Waals surface area (Å²) in [5, 5.41) is 9.76. The summed E-state index contributed by atoms with van der Waals surface area (Å²) in [7, 11) is 6.49. The Morgan fingerprint density at radius 1 is 0.767 bits per heavy atom. The predicted octanol–water partition coefficient (Wildman–Crippen LogP) is 5.85. The third-order valence-corrected chi connectivity index (χ3v) is 5.11. The summed E-state index contributed by atoms with van der Waals surface area (Å²) >= 11 is 0. The van der Waals surface area contributed by atoms with Gasteiger partial charge in [0.05, 0.1) is 21.1 Å². The molecule has 0 aliphatic rings. The Hall–Kier alpha value is -3.04. The van der Waals surface area contributed by atoms with Gasteiger partial charge in [0.2, 0.25) is 0 Å². The number of phenols is 1. The number of hydrogen-bond acceptors (Lipinski definition) is 2. The van der Waals surface area contributed by atoms with E-state index < -0.39 is 0 Å². The lowest BCUT2D eigenvalue weighted by atomic mass is 9.88. The second-order valence-electron chi connectivity index (χ2n) is 8.51. The average molecular weight is 403 g/mol. The Labute approximate surface area is 180 Å². The molecule has 0 saturated carbocycles. The van der Waals surface area contributed by atoms with E-state index in [2.05, 4.69) is 64.5 Å². The summed E-state index contributed by atoms with van der Waals surface area (Å²) in [6.07, 6.45) is 0.905. The first-order valence-electron chi connectivity index (χ1n) is 10.5. The maximum atomic E-state index is 9.76. The summed E-state index contributed by atoms with van der Waals surface area (Å²) in [5.41, 5.74) is 5.90. The van der Waals surface area contributed by atoms with Gasteiger partial charge in [-0.3, -0.25) is 0 Å².